The van der Waals surface area contributed by atoms with Crippen LogP contribution in [0.15, 0.2) is 48.5 Å². The van der Waals surface area contributed by atoms with Crippen molar-refractivity contribution >= 4 is 11.6 Å². The summed E-state index contributed by atoms with van der Waals surface area (Å²) >= 11 is 0. The number of anilines is 1. The van der Waals surface area contributed by atoms with Crippen LogP contribution < -0.4 is 11.1 Å². The number of carbonyl (C=O) groups is 1. The largest absolute Gasteiger partial charge is 0.399 e. The summed E-state index contributed by atoms with van der Waals surface area (Å²) in [5.74, 6) is -0.327. The molecule has 0 bridgehead atoms. The lowest BCUT2D eigenvalue weighted by Crippen LogP contribution is -2.26. The zero-order valence-corrected chi connectivity index (χ0v) is 12.0. The number of amides is 1. The average molecular weight is 286 g/mol. The summed E-state index contributed by atoms with van der Waals surface area (Å²) in [4.78, 5) is 12.0. The highest BCUT2D eigenvalue weighted by molar-refractivity contribution is 5.77. The summed E-state index contributed by atoms with van der Waals surface area (Å²) in [6, 6.07) is 13.5. The number of carbonyl (C=O) groups excluding carboxylic acids is 1. The van der Waals surface area contributed by atoms with Crippen LogP contribution in [-0.2, 0) is 11.2 Å². The molecule has 21 heavy (non-hydrogen) atoms. The quantitative estimate of drug-likeness (QED) is 0.829. The van der Waals surface area contributed by atoms with Gasteiger partial charge in [-0.3, -0.25) is 4.79 Å². The second kappa shape index (κ2) is 6.88. The monoisotopic (exact) mass is 286 g/mol. The van der Waals surface area contributed by atoms with Crippen LogP contribution in [0.25, 0.3) is 0 Å². The summed E-state index contributed by atoms with van der Waals surface area (Å²) in [5.41, 5.74) is 8.40. The van der Waals surface area contributed by atoms with Crippen molar-refractivity contribution in [1.82, 2.24) is 5.32 Å². The van der Waals surface area contributed by atoms with E-state index in [4.69, 9.17) is 5.73 Å². The van der Waals surface area contributed by atoms with Crippen LogP contribution in [-0.4, -0.2) is 5.91 Å². The molecule has 2 aromatic carbocycles. The van der Waals surface area contributed by atoms with Gasteiger partial charge in [-0.1, -0.05) is 30.3 Å². The highest BCUT2D eigenvalue weighted by atomic mass is 19.1. The van der Waals surface area contributed by atoms with E-state index in [0.29, 0.717) is 18.5 Å². The number of rotatable bonds is 5. The summed E-state index contributed by atoms with van der Waals surface area (Å²) in [5, 5.41) is 2.90. The van der Waals surface area contributed by atoms with Crippen molar-refractivity contribution in [3.8, 4) is 0 Å². The molecule has 0 saturated carbocycles. The first-order valence-corrected chi connectivity index (χ1v) is 6.94. The molecule has 3 N–H and O–H groups in total. The van der Waals surface area contributed by atoms with E-state index in [-0.39, 0.29) is 17.8 Å². The van der Waals surface area contributed by atoms with Gasteiger partial charge < -0.3 is 11.1 Å². The minimum absolute atomic E-state index is 0.0462. The fourth-order valence-corrected chi connectivity index (χ4v) is 2.16. The molecule has 2 aromatic rings. The molecule has 110 valence electrons. The van der Waals surface area contributed by atoms with Crippen molar-refractivity contribution < 1.29 is 9.18 Å². The molecular formula is C17H19FN2O. The number of benzene rings is 2. The Morgan fingerprint density at radius 3 is 2.52 bits per heavy atom. The van der Waals surface area contributed by atoms with Crippen LogP contribution >= 0.6 is 0 Å². The smallest absolute Gasteiger partial charge is 0.220 e. The molecule has 0 fully saturated rings. The molecule has 3 nitrogen and oxygen atoms in total. The highest BCUT2D eigenvalue weighted by Gasteiger charge is 2.10. The van der Waals surface area contributed by atoms with E-state index < -0.39 is 0 Å². The van der Waals surface area contributed by atoms with Crippen LogP contribution in [0.3, 0.4) is 0 Å². The number of aryl methyl sites for hydroxylation is 1. The first-order chi connectivity index (χ1) is 10.1. The van der Waals surface area contributed by atoms with Gasteiger partial charge in [0, 0.05) is 12.1 Å². The Balaban J connectivity index is 1.87. The predicted molar refractivity (Wildman–Crippen MR) is 82.1 cm³/mol. The second-order valence-electron chi connectivity index (χ2n) is 5.04. The summed E-state index contributed by atoms with van der Waals surface area (Å²) in [6.07, 6.45) is 0.981. The normalized spacial score (nSPS) is 11.9. The predicted octanol–water partition coefficient (Wildman–Crippen LogP) is 3.22. The third-order valence-corrected chi connectivity index (χ3v) is 3.42. The van der Waals surface area contributed by atoms with Gasteiger partial charge in [-0.25, -0.2) is 4.39 Å². The van der Waals surface area contributed by atoms with Gasteiger partial charge in [-0.05, 0) is 42.7 Å². The average Bonchev–Trinajstić information content (AvgIpc) is 2.47. The van der Waals surface area contributed by atoms with Crippen LogP contribution in [0.2, 0.25) is 0 Å². The van der Waals surface area contributed by atoms with Gasteiger partial charge in [0.15, 0.2) is 0 Å². The number of para-hydroxylation sites is 1. The van der Waals surface area contributed by atoms with Crippen LogP contribution in [0.5, 0.6) is 0 Å². The first kappa shape index (κ1) is 15.0. The molecule has 1 amide bonds. The van der Waals surface area contributed by atoms with Crippen molar-refractivity contribution in [2.24, 2.45) is 0 Å². The van der Waals surface area contributed by atoms with Gasteiger partial charge in [0.1, 0.15) is 5.82 Å². The molecule has 0 aliphatic heterocycles. The van der Waals surface area contributed by atoms with Crippen molar-refractivity contribution in [3.05, 3.63) is 65.5 Å². The maximum Gasteiger partial charge on any atom is 0.220 e. The summed E-state index contributed by atoms with van der Waals surface area (Å²) < 4.78 is 12.9. The van der Waals surface area contributed by atoms with Crippen molar-refractivity contribution in [1.29, 1.82) is 0 Å². The highest BCUT2D eigenvalue weighted by Crippen LogP contribution is 2.15. The molecule has 0 saturated heterocycles. The fourth-order valence-electron chi connectivity index (χ4n) is 2.16. The fraction of sp³-hybridized carbons (Fsp3) is 0.235. The molecule has 2 rings (SSSR count). The lowest BCUT2D eigenvalue weighted by atomic mass is 10.1. The summed E-state index contributed by atoms with van der Waals surface area (Å²) in [7, 11) is 0. The van der Waals surface area contributed by atoms with E-state index in [1.54, 1.807) is 12.1 Å². The molecular weight excluding hydrogens is 267 g/mol. The molecule has 0 radical (unpaired) electrons. The maximum absolute atomic E-state index is 12.9. The molecule has 1 unspecified atom stereocenters. The zero-order chi connectivity index (χ0) is 15.2. The van der Waals surface area contributed by atoms with E-state index in [9.17, 15) is 9.18 Å². The third-order valence-electron chi connectivity index (χ3n) is 3.42. The van der Waals surface area contributed by atoms with Crippen LogP contribution in [0.1, 0.15) is 30.5 Å². The van der Waals surface area contributed by atoms with Gasteiger partial charge in [-0.15, -0.1) is 0 Å². The minimum Gasteiger partial charge on any atom is -0.399 e. The Labute approximate surface area is 124 Å². The van der Waals surface area contributed by atoms with Crippen molar-refractivity contribution in [3.63, 3.8) is 0 Å². The second-order valence-corrected chi connectivity index (χ2v) is 5.04. The van der Waals surface area contributed by atoms with Gasteiger partial charge in [-0.2, -0.15) is 0 Å². The Morgan fingerprint density at radius 1 is 1.19 bits per heavy atom. The topological polar surface area (TPSA) is 55.1 Å². The SMILES string of the molecule is CC(NC(=O)CCc1ccccc1N)c1ccc(F)cc1. The first-order valence-electron chi connectivity index (χ1n) is 6.94. The van der Waals surface area contributed by atoms with Gasteiger partial charge in [0.05, 0.1) is 6.04 Å². The van der Waals surface area contributed by atoms with Gasteiger partial charge in [0.25, 0.3) is 0 Å². The number of nitrogens with one attached hydrogen (secondary N) is 1. The molecule has 4 heteroatoms. The molecule has 1 atom stereocenters. The Morgan fingerprint density at radius 2 is 1.86 bits per heavy atom. The van der Waals surface area contributed by atoms with E-state index in [0.717, 1.165) is 11.1 Å². The number of nitrogen functional groups attached to an aromatic ring is 1. The Bertz CT molecular complexity index is 610. The summed E-state index contributed by atoms with van der Waals surface area (Å²) in [6.45, 7) is 1.88. The number of hydrogen-bond acceptors (Lipinski definition) is 2. The lowest BCUT2D eigenvalue weighted by molar-refractivity contribution is -0.121. The molecule has 0 aliphatic carbocycles. The number of halogens is 1. The molecule has 0 heterocycles. The number of hydrogen-bond donors (Lipinski definition) is 2. The van der Waals surface area contributed by atoms with Crippen LogP contribution in [0, 0.1) is 5.82 Å². The zero-order valence-electron chi connectivity index (χ0n) is 12.0. The Hall–Kier alpha value is -2.36. The minimum atomic E-state index is -0.281. The van der Waals surface area contributed by atoms with Crippen molar-refractivity contribution in [2.45, 2.75) is 25.8 Å². The lowest BCUT2D eigenvalue weighted by Gasteiger charge is -2.14. The molecule has 0 aromatic heterocycles. The maximum atomic E-state index is 12.9. The van der Waals surface area contributed by atoms with Gasteiger partial charge in [0.2, 0.25) is 5.91 Å². The molecule has 0 aliphatic rings. The standard InChI is InChI=1S/C17H19FN2O/c1-12(13-6-9-15(18)10-7-13)20-17(21)11-8-14-4-2-3-5-16(14)19/h2-7,9-10,12H,8,11,19H2,1H3,(H,20,21). The van der Waals surface area contributed by atoms with Gasteiger partial charge >= 0.3 is 0 Å². The van der Waals surface area contributed by atoms with E-state index in [1.165, 1.54) is 12.1 Å². The third kappa shape index (κ3) is 4.31. The van der Waals surface area contributed by atoms with Crippen molar-refractivity contribution in [2.75, 3.05) is 5.73 Å². The van der Waals surface area contributed by atoms with Crippen LogP contribution in [0.4, 0.5) is 10.1 Å². The van der Waals surface area contributed by atoms with E-state index in [1.807, 2.05) is 31.2 Å². The Kier molecular flexibility index (Phi) is 4.93. The number of nitrogens with two attached hydrogens (primary N) is 1. The molecule has 0 spiro atoms. The van der Waals surface area contributed by atoms with E-state index >= 15 is 0 Å². The van der Waals surface area contributed by atoms with E-state index in [2.05, 4.69) is 5.32 Å².